The van der Waals surface area contributed by atoms with E-state index >= 15 is 0 Å². The molecule has 0 radical (unpaired) electrons. The summed E-state index contributed by atoms with van der Waals surface area (Å²) in [5, 5.41) is 8.47. The normalized spacial score (nSPS) is 17.7. The van der Waals surface area contributed by atoms with Crippen LogP contribution in [0.3, 0.4) is 0 Å². The van der Waals surface area contributed by atoms with Crippen LogP contribution in [0, 0.1) is 6.92 Å². The molecule has 0 spiro atoms. The average Bonchev–Trinajstić information content (AvgIpc) is 3.53. The lowest BCUT2D eigenvalue weighted by Gasteiger charge is -2.31. The first kappa shape index (κ1) is 20.9. The highest BCUT2D eigenvalue weighted by Crippen LogP contribution is 2.26. The zero-order valence-electron chi connectivity index (χ0n) is 18.8. The van der Waals surface area contributed by atoms with Gasteiger partial charge in [0.05, 0.1) is 12.2 Å². The smallest absolute Gasteiger partial charge is 0.276 e. The fourth-order valence-corrected chi connectivity index (χ4v) is 4.97. The number of amides is 1. The van der Waals surface area contributed by atoms with Crippen molar-refractivity contribution in [2.45, 2.75) is 45.2 Å². The van der Waals surface area contributed by atoms with Crippen LogP contribution < -0.4 is 0 Å². The predicted octanol–water partition coefficient (Wildman–Crippen LogP) is 4.33. The van der Waals surface area contributed by atoms with E-state index < -0.39 is 0 Å². The van der Waals surface area contributed by atoms with Gasteiger partial charge in [-0.05, 0) is 60.9 Å². The lowest BCUT2D eigenvalue weighted by atomic mass is 9.98. The molecule has 166 valence electrons. The Bertz CT molecular complexity index is 1080. The standard InChI is InChI=1S/C26H31N5O/c1-20-7-2-3-10-24(20)22-9-6-8-21(17-22)18-29-15-11-23(12-16-29)31-19-25(27-28-31)26(32)30-13-4-5-14-30/h2-3,6-10,17,19,23H,4-5,11-16,18H2,1H3. The van der Waals surface area contributed by atoms with Crippen molar-refractivity contribution in [3.05, 3.63) is 71.5 Å². The Morgan fingerprint density at radius 2 is 1.78 bits per heavy atom. The van der Waals surface area contributed by atoms with E-state index in [1.165, 1.54) is 22.3 Å². The molecule has 0 bridgehead atoms. The molecule has 1 aromatic heterocycles. The molecule has 32 heavy (non-hydrogen) atoms. The van der Waals surface area contributed by atoms with E-state index in [9.17, 15) is 4.79 Å². The van der Waals surface area contributed by atoms with Crippen molar-refractivity contribution < 1.29 is 4.79 Å². The molecular formula is C26H31N5O. The Hall–Kier alpha value is -2.99. The summed E-state index contributed by atoms with van der Waals surface area (Å²) < 4.78 is 1.92. The zero-order valence-corrected chi connectivity index (χ0v) is 18.8. The Morgan fingerprint density at radius 1 is 1.00 bits per heavy atom. The van der Waals surface area contributed by atoms with Crippen LogP contribution in [0.2, 0.25) is 0 Å². The van der Waals surface area contributed by atoms with Gasteiger partial charge < -0.3 is 4.90 Å². The highest BCUT2D eigenvalue weighted by atomic mass is 16.2. The largest absolute Gasteiger partial charge is 0.337 e. The maximum absolute atomic E-state index is 12.6. The Labute approximate surface area is 189 Å². The van der Waals surface area contributed by atoms with Gasteiger partial charge in [-0.2, -0.15) is 0 Å². The first-order valence-corrected chi connectivity index (χ1v) is 11.8. The fourth-order valence-electron chi connectivity index (χ4n) is 4.97. The summed E-state index contributed by atoms with van der Waals surface area (Å²) >= 11 is 0. The predicted molar refractivity (Wildman–Crippen MR) is 125 cm³/mol. The van der Waals surface area contributed by atoms with Crippen molar-refractivity contribution in [3.63, 3.8) is 0 Å². The Kier molecular flexibility index (Phi) is 6.04. The van der Waals surface area contributed by atoms with Crippen LogP contribution in [0.25, 0.3) is 11.1 Å². The van der Waals surface area contributed by atoms with Gasteiger partial charge in [0.25, 0.3) is 5.91 Å². The number of hydrogen-bond acceptors (Lipinski definition) is 4. The molecule has 3 aromatic rings. The lowest BCUT2D eigenvalue weighted by Crippen LogP contribution is -2.34. The number of nitrogens with zero attached hydrogens (tertiary/aromatic N) is 5. The quantitative estimate of drug-likeness (QED) is 0.606. The number of piperidine rings is 1. The molecule has 0 atom stereocenters. The summed E-state index contributed by atoms with van der Waals surface area (Å²) in [6.45, 7) is 6.86. The fraction of sp³-hybridized carbons (Fsp3) is 0.423. The van der Waals surface area contributed by atoms with Crippen molar-refractivity contribution in [1.29, 1.82) is 0 Å². The van der Waals surface area contributed by atoms with Crippen LogP contribution in [0.5, 0.6) is 0 Å². The van der Waals surface area contributed by atoms with Crippen molar-refractivity contribution in [3.8, 4) is 11.1 Å². The van der Waals surface area contributed by atoms with Gasteiger partial charge in [-0.15, -0.1) is 5.10 Å². The number of carbonyl (C=O) groups is 1. The summed E-state index contributed by atoms with van der Waals surface area (Å²) in [7, 11) is 0. The van der Waals surface area contributed by atoms with E-state index in [1.807, 2.05) is 15.8 Å². The first-order valence-electron chi connectivity index (χ1n) is 11.8. The number of aromatic nitrogens is 3. The molecule has 6 nitrogen and oxygen atoms in total. The third kappa shape index (κ3) is 4.46. The van der Waals surface area contributed by atoms with E-state index in [0.717, 1.165) is 58.4 Å². The summed E-state index contributed by atoms with van der Waals surface area (Å²) in [5.74, 6) is 0.0275. The maximum Gasteiger partial charge on any atom is 0.276 e. The topological polar surface area (TPSA) is 54.3 Å². The molecule has 2 aromatic carbocycles. The first-order chi connectivity index (χ1) is 15.7. The molecule has 1 amide bonds. The van der Waals surface area contributed by atoms with Gasteiger partial charge >= 0.3 is 0 Å². The number of rotatable bonds is 5. The Balaban J connectivity index is 1.18. The number of benzene rings is 2. The van der Waals surface area contributed by atoms with E-state index in [-0.39, 0.29) is 5.91 Å². The second-order valence-corrected chi connectivity index (χ2v) is 9.11. The molecule has 0 aliphatic carbocycles. The number of carbonyl (C=O) groups excluding carboxylic acids is 1. The van der Waals surface area contributed by atoms with Crippen molar-refractivity contribution >= 4 is 5.91 Å². The summed E-state index contributed by atoms with van der Waals surface area (Å²) in [6.07, 6.45) is 6.08. The molecule has 0 N–H and O–H groups in total. The molecule has 0 saturated carbocycles. The molecule has 6 heteroatoms. The van der Waals surface area contributed by atoms with Gasteiger partial charge in [-0.3, -0.25) is 9.69 Å². The van der Waals surface area contributed by atoms with Crippen LogP contribution in [0.4, 0.5) is 0 Å². The summed E-state index contributed by atoms with van der Waals surface area (Å²) in [6, 6.07) is 17.8. The highest BCUT2D eigenvalue weighted by molar-refractivity contribution is 5.92. The molecule has 2 aliphatic rings. The number of aryl methyl sites for hydroxylation is 1. The number of hydrogen-bond donors (Lipinski definition) is 0. The SMILES string of the molecule is Cc1ccccc1-c1cccc(CN2CCC(n3cc(C(=O)N4CCCC4)nn3)CC2)c1. The molecular weight excluding hydrogens is 398 g/mol. The highest BCUT2D eigenvalue weighted by Gasteiger charge is 2.25. The number of likely N-dealkylation sites (tertiary alicyclic amines) is 2. The second-order valence-electron chi connectivity index (χ2n) is 9.11. The van der Waals surface area contributed by atoms with Gasteiger partial charge in [0.2, 0.25) is 0 Å². The summed E-state index contributed by atoms with van der Waals surface area (Å²) in [5.41, 5.74) is 5.73. The van der Waals surface area contributed by atoms with Crippen LogP contribution in [0.15, 0.2) is 54.7 Å². The van der Waals surface area contributed by atoms with Crippen molar-refractivity contribution in [1.82, 2.24) is 24.8 Å². The zero-order chi connectivity index (χ0) is 21.9. The van der Waals surface area contributed by atoms with Crippen LogP contribution in [-0.4, -0.2) is 56.9 Å². The van der Waals surface area contributed by atoms with Gasteiger partial charge in [0, 0.05) is 32.7 Å². The van der Waals surface area contributed by atoms with Crippen LogP contribution in [0.1, 0.15) is 53.3 Å². The molecule has 5 rings (SSSR count). The monoisotopic (exact) mass is 429 g/mol. The molecule has 3 heterocycles. The van der Waals surface area contributed by atoms with Crippen molar-refractivity contribution in [2.24, 2.45) is 0 Å². The van der Waals surface area contributed by atoms with E-state index in [2.05, 4.69) is 70.7 Å². The van der Waals surface area contributed by atoms with Gasteiger partial charge in [-0.1, -0.05) is 47.7 Å². The van der Waals surface area contributed by atoms with Crippen LogP contribution >= 0.6 is 0 Å². The van der Waals surface area contributed by atoms with Crippen LogP contribution in [-0.2, 0) is 6.54 Å². The average molecular weight is 430 g/mol. The van der Waals surface area contributed by atoms with E-state index in [4.69, 9.17) is 0 Å². The molecule has 0 unspecified atom stereocenters. The minimum Gasteiger partial charge on any atom is -0.337 e. The third-order valence-corrected chi connectivity index (χ3v) is 6.84. The maximum atomic E-state index is 12.6. The third-order valence-electron chi connectivity index (χ3n) is 6.84. The van der Waals surface area contributed by atoms with Gasteiger partial charge in [0.15, 0.2) is 5.69 Å². The van der Waals surface area contributed by atoms with Gasteiger partial charge in [-0.25, -0.2) is 4.68 Å². The lowest BCUT2D eigenvalue weighted by molar-refractivity contribution is 0.0787. The summed E-state index contributed by atoms with van der Waals surface area (Å²) in [4.78, 5) is 17.0. The molecule has 2 fully saturated rings. The van der Waals surface area contributed by atoms with Gasteiger partial charge in [0.1, 0.15) is 0 Å². The minimum atomic E-state index is 0.0275. The van der Waals surface area contributed by atoms with Crippen molar-refractivity contribution in [2.75, 3.05) is 26.2 Å². The Morgan fingerprint density at radius 3 is 2.56 bits per heavy atom. The van der Waals surface area contributed by atoms with E-state index in [1.54, 1.807) is 0 Å². The minimum absolute atomic E-state index is 0.0275. The molecule has 2 saturated heterocycles. The second kappa shape index (κ2) is 9.25. The molecule has 2 aliphatic heterocycles. The van der Waals surface area contributed by atoms with E-state index in [0.29, 0.717) is 11.7 Å².